The van der Waals surface area contributed by atoms with E-state index in [9.17, 15) is 19.1 Å². The molecule has 3 aromatic carbocycles. The number of aliphatic carboxylic acids is 2. The molecule has 41 heavy (non-hydrogen) atoms. The molecular formula is C31H33FNa2O7. The molecule has 10 heteroatoms. The summed E-state index contributed by atoms with van der Waals surface area (Å²) in [4.78, 5) is 21.7. The van der Waals surface area contributed by atoms with E-state index in [0.717, 1.165) is 5.56 Å². The van der Waals surface area contributed by atoms with E-state index in [0.29, 0.717) is 59.8 Å². The van der Waals surface area contributed by atoms with Crippen LogP contribution in [0.25, 0.3) is 11.1 Å². The minimum Gasteiger partial charge on any atom is -1.00 e. The maximum atomic E-state index is 13.3. The maximum absolute atomic E-state index is 13.3. The number of phenols is 1. The summed E-state index contributed by atoms with van der Waals surface area (Å²) in [6, 6.07) is 14.6. The molecule has 0 heterocycles. The van der Waals surface area contributed by atoms with Crippen molar-refractivity contribution in [1.82, 2.24) is 0 Å². The summed E-state index contributed by atoms with van der Waals surface area (Å²) in [6.45, 7) is 2.64. The van der Waals surface area contributed by atoms with Gasteiger partial charge in [0.2, 0.25) is 0 Å². The van der Waals surface area contributed by atoms with Crippen LogP contribution in [0.2, 0.25) is 0 Å². The molecule has 7 nitrogen and oxygen atoms in total. The molecule has 0 radical (unpaired) electrons. The van der Waals surface area contributed by atoms with Crippen molar-refractivity contribution >= 4 is 11.9 Å². The molecule has 0 saturated heterocycles. The Bertz CT molecular complexity index is 1380. The van der Waals surface area contributed by atoms with E-state index >= 15 is 0 Å². The first kappa shape index (κ1) is 36.5. The number of carbonyl (C=O) groups is 2. The van der Waals surface area contributed by atoms with Gasteiger partial charge in [-0.15, -0.1) is 0 Å². The van der Waals surface area contributed by atoms with E-state index < -0.39 is 11.9 Å². The van der Waals surface area contributed by atoms with Gasteiger partial charge in [0.15, 0.2) is 0 Å². The maximum Gasteiger partial charge on any atom is 1.00 e. The molecule has 0 aliphatic rings. The smallest absolute Gasteiger partial charge is 1.00 e. The van der Waals surface area contributed by atoms with Crippen LogP contribution in [0.5, 0.6) is 17.2 Å². The number of carboxylic acids is 2. The van der Waals surface area contributed by atoms with Gasteiger partial charge in [-0.25, -0.2) is 4.39 Å². The van der Waals surface area contributed by atoms with Crippen molar-refractivity contribution in [2.75, 3.05) is 13.2 Å². The van der Waals surface area contributed by atoms with Crippen molar-refractivity contribution in [2.24, 2.45) is 0 Å². The summed E-state index contributed by atoms with van der Waals surface area (Å²) in [5.74, 6) is 4.70. The summed E-state index contributed by atoms with van der Waals surface area (Å²) < 4.78 is 25.1. The largest absolute Gasteiger partial charge is 1.00 e. The van der Waals surface area contributed by atoms with Gasteiger partial charge >= 0.3 is 71.1 Å². The predicted octanol–water partition coefficient (Wildman–Crippen LogP) is 0.0751. The van der Waals surface area contributed by atoms with Gasteiger partial charge in [0.1, 0.15) is 23.1 Å². The van der Waals surface area contributed by atoms with Gasteiger partial charge in [0.05, 0.1) is 19.6 Å². The Hall–Kier alpha value is -2.51. The summed E-state index contributed by atoms with van der Waals surface area (Å²) in [5, 5.41) is 28.4. The van der Waals surface area contributed by atoms with E-state index in [4.69, 9.17) is 19.7 Å². The molecule has 0 atom stereocenters. The molecule has 0 saturated carbocycles. The van der Waals surface area contributed by atoms with Crippen LogP contribution in [0.1, 0.15) is 52.2 Å². The number of hydrogen-bond acceptors (Lipinski definition) is 5. The van der Waals surface area contributed by atoms with E-state index in [-0.39, 0.29) is 99.2 Å². The number of hydrogen-bond donors (Lipinski definition) is 3. The predicted molar refractivity (Wildman–Crippen MR) is 147 cm³/mol. The SMILES string of the molecule is CCc1cc(-c2ccc(F)cc2)c(O)cc1OCCCOc1ccc(C#CCCC(=O)O)cc1CCC(=O)O.[H-].[H-].[Na+].[Na+]. The summed E-state index contributed by atoms with van der Waals surface area (Å²) in [6.07, 6.45) is 1.61. The molecule has 0 fully saturated rings. The van der Waals surface area contributed by atoms with Crippen LogP contribution < -0.4 is 68.6 Å². The van der Waals surface area contributed by atoms with Gasteiger partial charge in [-0.3, -0.25) is 9.59 Å². The molecule has 0 spiro atoms. The van der Waals surface area contributed by atoms with Crippen LogP contribution in [0.4, 0.5) is 4.39 Å². The fourth-order valence-corrected chi connectivity index (χ4v) is 3.88. The van der Waals surface area contributed by atoms with Gasteiger partial charge in [-0.1, -0.05) is 30.9 Å². The fraction of sp³-hybridized carbons (Fsp3) is 0.290. The quantitative estimate of drug-likeness (QED) is 0.149. The zero-order chi connectivity index (χ0) is 28.2. The topological polar surface area (TPSA) is 113 Å². The van der Waals surface area contributed by atoms with Gasteiger partial charge in [-0.05, 0) is 65.9 Å². The minimum atomic E-state index is -0.923. The second-order valence-electron chi connectivity index (χ2n) is 8.80. The van der Waals surface area contributed by atoms with Crippen molar-refractivity contribution in [3.8, 4) is 40.2 Å². The van der Waals surface area contributed by atoms with Crippen LogP contribution in [-0.4, -0.2) is 40.5 Å². The Morgan fingerprint density at radius 1 is 0.878 bits per heavy atom. The van der Waals surface area contributed by atoms with Crippen molar-refractivity contribution in [2.45, 2.75) is 45.4 Å². The molecule has 0 aliphatic carbocycles. The van der Waals surface area contributed by atoms with Crippen LogP contribution in [-0.2, 0) is 22.4 Å². The average Bonchev–Trinajstić information content (AvgIpc) is 2.91. The fourth-order valence-electron chi connectivity index (χ4n) is 3.88. The van der Waals surface area contributed by atoms with Crippen molar-refractivity contribution in [3.05, 3.63) is 77.1 Å². The molecule has 208 valence electrons. The molecule has 3 aromatic rings. The van der Waals surface area contributed by atoms with E-state index in [2.05, 4.69) is 11.8 Å². The molecule has 0 aliphatic heterocycles. The van der Waals surface area contributed by atoms with Crippen LogP contribution >= 0.6 is 0 Å². The number of rotatable bonds is 13. The van der Waals surface area contributed by atoms with E-state index in [1.807, 2.05) is 13.0 Å². The number of benzene rings is 3. The third kappa shape index (κ3) is 12.1. The standard InChI is InChI=1S/C31H31FO7.2Na.2H/c1-2-22-19-26(23-9-12-25(32)13-10-23)27(33)20-29(22)39-17-5-16-38-28-14-8-21(6-3-4-7-30(34)35)18-24(28)11-15-31(36)37;;;;/h8-10,12-14,18-20,33H,2,4-5,7,11,15-17H2,1H3,(H,34,35)(H,36,37);;;;/q;2*+1;2*-1. The number of aryl methyl sites for hydroxylation is 2. The molecule has 0 aromatic heterocycles. The van der Waals surface area contributed by atoms with Gasteiger partial charge < -0.3 is 27.6 Å². The van der Waals surface area contributed by atoms with Crippen molar-refractivity contribution in [3.63, 3.8) is 0 Å². The summed E-state index contributed by atoms with van der Waals surface area (Å²) in [5.41, 5.74) is 3.58. The Labute approximate surface area is 286 Å². The van der Waals surface area contributed by atoms with E-state index in [1.165, 1.54) is 12.1 Å². The van der Waals surface area contributed by atoms with Crippen LogP contribution in [0, 0.1) is 17.7 Å². The Morgan fingerprint density at radius 3 is 2.17 bits per heavy atom. The van der Waals surface area contributed by atoms with Gasteiger partial charge in [0.25, 0.3) is 0 Å². The Balaban J connectivity index is 0. The first-order valence-corrected chi connectivity index (χ1v) is 12.7. The number of ether oxygens (including phenoxy) is 2. The monoisotopic (exact) mass is 582 g/mol. The molecule has 3 rings (SSSR count). The second-order valence-corrected chi connectivity index (χ2v) is 8.80. The van der Waals surface area contributed by atoms with E-state index in [1.54, 1.807) is 36.4 Å². The van der Waals surface area contributed by atoms with Crippen LogP contribution in [0.15, 0.2) is 54.6 Å². The zero-order valence-corrected chi connectivity index (χ0v) is 27.7. The van der Waals surface area contributed by atoms with Crippen LogP contribution in [0.3, 0.4) is 0 Å². The molecule has 0 unspecified atom stereocenters. The zero-order valence-electron chi connectivity index (χ0n) is 25.7. The molecule has 0 amide bonds. The molecule has 3 N–H and O–H groups in total. The summed E-state index contributed by atoms with van der Waals surface area (Å²) >= 11 is 0. The number of phenolic OH excluding ortho intramolecular Hbond substituents is 1. The van der Waals surface area contributed by atoms with Crippen molar-refractivity contribution < 1.29 is 101 Å². The average molecular weight is 583 g/mol. The number of carboxylic acid groups (broad SMARTS) is 2. The third-order valence-corrected chi connectivity index (χ3v) is 5.88. The van der Waals surface area contributed by atoms with Gasteiger partial charge in [-0.2, -0.15) is 0 Å². The Kier molecular flexibility index (Phi) is 16.8. The molecular weight excluding hydrogens is 549 g/mol. The third-order valence-electron chi connectivity index (χ3n) is 5.88. The molecule has 0 bridgehead atoms. The number of aromatic hydroxyl groups is 1. The Morgan fingerprint density at radius 2 is 1.54 bits per heavy atom. The summed E-state index contributed by atoms with van der Waals surface area (Å²) in [7, 11) is 0. The minimum absolute atomic E-state index is 0. The first-order chi connectivity index (χ1) is 18.8. The number of halogens is 1. The normalized spacial score (nSPS) is 9.90. The van der Waals surface area contributed by atoms with Crippen molar-refractivity contribution in [1.29, 1.82) is 0 Å². The second kappa shape index (κ2) is 18.8. The van der Waals surface area contributed by atoms with Gasteiger partial charge in [0, 0.05) is 36.5 Å². The first-order valence-electron chi connectivity index (χ1n) is 12.7.